The standard InChI is InChI=1S/C16H18ClFN2O/c1-10(2)19-9-12-4-7-16(20-11(12)3)21-13-5-6-15(18)14(17)8-13/h4-8,10,19H,9H2,1-3H3. The van der Waals surface area contributed by atoms with Crippen LogP contribution < -0.4 is 10.1 Å². The number of hydrogen-bond acceptors (Lipinski definition) is 3. The van der Waals surface area contributed by atoms with Crippen molar-refractivity contribution in [3.05, 3.63) is 52.4 Å². The first-order chi connectivity index (χ1) is 9.95. The van der Waals surface area contributed by atoms with E-state index in [4.69, 9.17) is 16.3 Å². The van der Waals surface area contributed by atoms with Crippen LogP contribution in [0.25, 0.3) is 0 Å². The van der Waals surface area contributed by atoms with Crippen molar-refractivity contribution in [1.29, 1.82) is 0 Å². The van der Waals surface area contributed by atoms with Crippen LogP contribution in [-0.4, -0.2) is 11.0 Å². The maximum Gasteiger partial charge on any atom is 0.219 e. The fraction of sp³-hybridized carbons (Fsp3) is 0.312. The second-order valence-corrected chi connectivity index (χ2v) is 5.51. The van der Waals surface area contributed by atoms with E-state index in [1.807, 2.05) is 13.0 Å². The van der Waals surface area contributed by atoms with Gasteiger partial charge in [-0.3, -0.25) is 0 Å². The Morgan fingerprint density at radius 3 is 2.67 bits per heavy atom. The molecule has 112 valence electrons. The summed E-state index contributed by atoms with van der Waals surface area (Å²) in [5, 5.41) is 3.38. The van der Waals surface area contributed by atoms with Crippen molar-refractivity contribution in [2.75, 3.05) is 0 Å². The first-order valence-corrected chi connectivity index (χ1v) is 7.16. The molecule has 0 aliphatic heterocycles. The molecule has 0 spiro atoms. The van der Waals surface area contributed by atoms with Gasteiger partial charge in [0.2, 0.25) is 5.88 Å². The summed E-state index contributed by atoms with van der Waals surface area (Å²) in [7, 11) is 0. The smallest absolute Gasteiger partial charge is 0.219 e. The number of nitrogens with zero attached hydrogens (tertiary/aromatic N) is 1. The van der Waals surface area contributed by atoms with E-state index in [1.54, 1.807) is 6.07 Å². The zero-order valence-electron chi connectivity index (χ0n) is 12.3. The van der Waals surface area contributed by atoms with E-state index < -0.39 is 5.82 Å². The van der Waals surface area contributed by atoms with E-state index in [1.165, 1.54) is 18.2 Å². The van der Waals surface area contributed by atoms with E-state index in [0.717, 1.165) is 17.8 Å². The van der Waals surface area contributed by atoms with Crippen molar-refractivity contribution in [2.45, 2.75) is 33.4 Å². The summed E-state index contributed by atoms with van der Waals surface area (Å²) in [5.74, 6) is 0.452. The molecule has 0 radical (unpaired) electrons. The second kappa shape index (κ2) is 6.87. The summed E-state index contributed by atoms with van der Waals surface area (Å²) in [6.45, 7) is 6.89. The number of ether oxygens (including phenoxy) is 1. The van der Waals surface area contributed by atoms with Crippen molar-refractivity contribution in [2.24, 2.45) is 0 Å². The predicted octanol–water partition coefficient (Wildman–Crippen LogP) is 4.47. The van der Waals surface area contributed by atoms with Gasteiger partial charge in [-0.15, -0.1) is 0 Å². The van der Waals surface area contributed by atoms with Gasteiger partial charge in [0.05, 0.1) is 5.02 Å². The molecule has 0 bridgehead atoms. The Bertz CT molecular complexity index is 632. The largest absolute Gasteiger partial charge is 0.439 e. The molecular weight excluding hydrogens is 291 g/mol. The summed E-state index contributed by atoms with van der Waals surface area (Å²) in [4.78, 5) is 4.40. The highest BCUT2D eigenvalue weighted by atomic mass is 35.5. The van der Waals surface area contributed by atoms with Gasteiger partial charge in [-0.05, 0) is 24.6 Å². The Hall–Kier alpha value is -1.65. The minimum absolute atomic E-state index is 0.0296. The van der Waals surface area contributed by atoms with E-state index in [0.29, 0.717) is 17.7 Å². The molecular formula is C16H18ClFN2O. The van der Waals surface area contributed by atoms with E-state index in [2.05, 4.69) is 24.1 Å². The van der Waals surface area contributed by atoms with E-state index >= 15 is 0 Å². The van der Waals surface area contributed by atoms with Gasteiger partial charge in [-0.1, -0.05) is 31.5 Å². The Morgan fingerprint density at radius 2 is 2.05 bits per heavy atom. The topological polar surface area (TPSA) is 34.1 Å². The first kappa shape index (κ1) is 15.7. The monoisotopic (exact) mass is 308 g/mol. The predicted molar refractivity (Wildman–Crippen MR) is 82.4 cm³/mol. The highest BCUT2D eigenvalue weighted by molar-refractivity contribution is 6.30. The Kier molecular flexibility index (Phi) is 5.15. The van der Waals surface area contributed by atoms with Crippen LogP contribution in [0, 0.1) is 12.7 Å². The van der Waals surface area contributed by atoms with Gasteiger partial charge in [0.15, 0.2) is 0 Å². The fourth-order valence-corrected chi connectivity index (χ4v) is 1.96. The van der Waals surface area contributed by atoms with E-state index in [-0.39, 0.29) is 5.02 Å². The molecule has 0 saturated heterocycles. The van der Waals surface area contributed by atoms with Crippen LogP contribution in [0.4, 0.5) is 4.39 Å². The summed E-state index contributed by atoms with van der Waals surface area (Å²) in [5.41, 5.74) is 2.02. The zero-order valence-corrected chi connectivity index (χ0v) is 13.0. The molecule has 2 aromatic rings. The summed E-state index contributed by atoms with van der Waals surface area (Å²) >= 11 is 5.72. The van der Waals surface area contributed by atoms with Crippen molar-refractivity contribution < 1.29 is 9.13 Å². The number of benzene rings is 1. The molecule has 0 atom stereocenters. The molecule has 1 N–H and O–H groups in total. The number of aromatic nitrogens is 1. The van der Waals surface area contributed by atoms with Crippen LogP contribution in [0.2, 0.25) is 5.02 Å². The van der Waals surface area contributed by atoms with E-state index in [9.17, 15) is 4.39 Å². The lowest BCUT2D eigenvalue weighted by Crippen LogP contribution is -2.22. The molecule has 0 fully saturated rings. The Morgan fingerprint density at radius 1 is 1.29 bits per heavy atom. The molecule has 2 rings (SSSR count). The van der Waals surface area contributed by atoms with Gasteiger partial charge in [-0.25, -0.2) is 9.37 Å². The van der Waals surface area contributed by atoms with Gasteiger partial charge < -0.3 is 10.1 Å². The number of hydrogen-bond donors (Lipinski definition) is 1. The minimum atomic E-state index is -0.469. The molecule has 0 aliphatic rings. The van der Waals surface area contributed by atoms with Gasteiger partial charge in [0.25, 0.3) is 0 Å². The van der Waals surface area contributed by atoms with Crippen LogP contribution in [0.1, 0.15) is 25.1 Å². The third-order valence-electron chi connectivity index (χ3n) is 2.98. The maximum absolute atomic E-state index is 13.1. The average molecular weight is 309 g/mol. The quantitative estimate of drug-likeness (QED) is 0.884. The van der Waals surface area contributed by atoms with Crippen LogP contribution in [-0.2, 0) is 6.54 Å². The highest BCUT2D eigenvalue weighted by Crippen LogP contribution is 2.25. The maximum atomic E-state index is 13.1. The summed E-state index contributed by atoms with van der Waals surface area (Å²) in [6.07, 6.45) is 0. The zero-order chi connectivity index (χ0) is 15.4. The number of aryl methyl sites for hydroxylation is 1. The Labute approximate surface area is 129 Å². The molecule has 1 aromatic carbocycles. The summed E-state index contributed by atoms with van der Waals surface area (Å²) in [6, 6.07) is 8.40. The molecule has 0 unspecified atom stereocenters. The molecule has 1 heterocycles. The molecule has 0 aliphatic carbocycles. The van der Waals surface area contributed by atoms with Gasteiger partial charge in [0.1, 0.15) is 11.6 Å². The first-order valence-electron chi connectivity index (χ1n) is 6.78. The van der Waals surface area contributed by atoms with Gasteiger partial charge in [-0.2, -0.15) is 0 Å². The molecule has 0 saturated carbocycles. The van der Waals surface area contributed by atoms with Crippen LogP contribution in [0.3, 0.4) is 0 Å². The van der Waals surface area contributed by atoms with Gasteiger partial charge in [0, 0.05) is 30.4 Å². The second-order valence-electron chi connectivity index (χ2n) is 5.11. The molecule has 1 aromatic heterocycles. The molecule has 3 nitrogen and oxygen atoms in total. The third-order valence-corrected chi connectivity index (χ3v) is 3.27. The highest BCUT2D eigenvalue weighted by Gasteiger charge is 2.06. The molecule has 0 amide bonds. The van der Waals surface area contributed by atoms with Crippen LogP contribution >= 0.6 is 11.6 Å². The number of pyridine rings is 1. The van der Waals surface area contributed by atoms with Gasteiger partial charge >= 0.3 is 0 Å². The lowest BCUT2D eigenvalue weighted by molar-refractivity contribution is 0.459. The molecule has 21 heavy (non-hydrogen) atoms. The number of nitrogens with one attached hydrogen (secondary N) is 1. The molecule has 5 heteroatoms. The SMILES string of the molecule is Cc1nc(Oc2ccc(F)c(Cl)c2)ccc1CNC(C)C. The van der Waals surface area contributed by atoms with Crippen molar-refractivity contribution >= 4 is 11.6 Å². The third kappa shape index (κ3) is 4.41. The Balaban J connectivity index is 2.10. The van der Waals surface area contributed by atoms with Crippen molar-refractivity contribution in [3.63, 3.8) is 0 Å². The number of halogens is 2. The van der Waals surface area contributed by atoms with Crippen LogP contribution in [0.5, 0.6) is 11.6 Å². The lowest BCUT2D eigenvalue weighted by atomic mass is 10.2. The fourth-order valence-electron chi connectivity index (χ4n) is 1.79. The minimum Gasteiger partial charge on any atom is -0.439 e. The lowest BCUT2D eigenvalue weighted by Gasteiger charge is -2.11. The van der Waals surface area contributed by atoms with Crippen LogP contribution in [0.15, 0.2) is 30.3 Å². The number of rotatable bonds is 5. The normalized spacial score (nSPS) is 11.0. The van der Waals surface area contributed by atoms with Crippen molar-refractivity contribution in [3.8, 4) is 11.6 Å². The summed E-state index contributed by atoms with van der Waals surface area (Å²) < 4.78 is 18.7. The average Bonchev–Trinajstić information content (AvgIpc) is 2.42. The van der Waals surface area contributed by atoms with Crippen molar-refractivity contribution in [1.82, 2.24) is 10.3 Å².